The third-order valence-electron chi connectivity index (χ3n) is 5.18. The van der Waals surface area contributed by atoms with E-state index < -0.39 is 9.84 Å². The molecule has 0 amide bonds. The third-order valence-corrected chi connectivity index (χ3v) is 6.95. The molecule has 4 aromatic rings. The molecule has 0 unspecified atom stereocenters. The summed E-state index contributed by atoms with van der Waals surface area (Å²) in [4.78, 5) is 0. The van der Waals surface area contributed by atoms with Crippen molar-refractivity contribution < 1.29 is 22.4 Å². The number of nitrogens with zero attached hydrogens (tertiary/aromatic N) is 4. The predicted molar refractivity (Wildman–Crippen MR) is 127 cm³/mol. The van der Waals surface area contributed by atoms with Gasteiger partial charge in [-0.15, -0.1) is 10.2 Å². The standard InChI is InChI=1S/C23H23ClN4O5S/c1-15-13-18(27-33-15)23-26-25-21(28(23)22-19(31-2)5-4-6-20(22)32-3)14-34(29,30)12-11-16-7-9-17(24)10-8-16/h4-10,13H,11-12,14H2,1-3H3. The molecule has 2 heterocycles. The van der Waals surface area contributed by atoms with Crippen LogP contribution >= 0.6 is 11.6 Å². The van der Waals surface area contributed by atoms with Crippen LogP contribution in [0.25, 0.3) is 17.2 Å². The summed E-state index contributed by atoms with van der Waals surface area (Å²) in [6.07, 6.45) is 0.348. The molecule has 0 saturated heterocycles. The monoisotopic (exact) mass is 502 g/mol. The first-order valence-corrected chi connectivity index (χ1v) is 12.6. The Morgan fingerprint density at radius 2 is 1.71 bits per heavy atom. The number of sulfone groups is 1. The third kappa shape index (κ3) is 5.07. The molecule has 178 valence electrons. The molecular formula is C23H23ClN4O5S. The lowest BCUT2D eigenvalue weighted by molar-refractivity contribution is 0.390. The first kappa shape index (κ1) is 23.8. The van der Waals surface area contributed by atoms with Crippen molar-refractivity contribution in [1.82, 2.24) is 19.9 Å². The van der Waals surface area contributed by atoms with Gasteiger partial charge in [-0.25, -0.2) is 8.42 Å². The minimum absolute atomic E-state index is 0.0665. The van der Waals surface area contributed by atoms with Crippen molar-refractivity contribution in [2.75, 3.05) is 20.0 Å². The van der Waals surface area contributed by atoms with Crippen molar-refractivity contribution in [3.8, 4) is 28.7 Å². The van der Waals surface area contributed by atoms with Crippen molar-refractivity contribution in [3.63, 3.8) is 0 Å². The highest BCUT2D eigenvalue weighted by atomic mass is 35.5. The van der Waals surface area contributed by atoms with Crippen LogP contribution in [0.5, 0.6) is 11.5 Å². The number of ether oxygens (including phenoxy) is 2. The van der Waals surface area contributed by atoms with Gasteiger partial charge in [0.25, 0.3) is 0 Å². The molecule has 2 aromatic carbocycles. The Morgan fingerprint density at radius 3 is 2.29 bits per heavy atom. The summed E-state index contributed by atoms with van der Waals surface area (Å²) in [7, 11) is -0.520. The van der Waals surface area contributed by atoms with E-state index in [4.69, 9.17) is 25.6 Å². The molecule has 9 nitrogen and oxygen atoms in total. The molecule has 0 atom stereocenters. The van der Waals surface area contributed by atoms with Crippen LogP contribution in [0.4, 0.5) is 0 Å². The van der Waals surface area contributed by atoms with Gasteiger partial charge in [0.15, 0.2) is 27.2 Å². The van der Waals surface area contributed by atoms with Crippen LogP contribution in [0.2, 0.25) is 5.02 Å². The molecule has 0 fully saturated rings. The average molecular weight is 503 g/mol. The molecule has 0 spiro atoms. The van der Waals surface area contributed by atoms with Crippen molar-refractivity contribution in [3.05, 3.63) is 70.7 Å². The van der Waals surface area contributed by atoms with E-state index in [-0.39, 0.29) is 17.3 Å². The SMILES string of the molecule is COc1cccc(OC)c1-n1c(CS(=O)(=O)CCc2ccc(Cl)cc2)nnc1-c1cc(C)on1. The Labute approximate surface area is 202 Å². The molecule has 4 rings (SSSR count). The van der Waals surface area contributed by atoms with Crippen LogP contribution in [0.3, 0.4) is 0 Å². The highest BCUT2D eigenvalue weighted by Crippen LogP contribution is 2.36. The molecule has 2 aromatic heterocycles. The predicted octanol–water partition coefficient (Wildman–Crippen LogP) is 4.06. The topological polar surface area (TPSA) is 109 Å². The van der Waals surface area contributed by atoms with Crippen LogP contribution in [-0.4, -0.2) is 48.3 Å². The van der Waals surface area contributed by atoms with Crippen LogP contribution < -0.4 is 9.47 Å². The number of aryl methyl sites for hydroxylation is 2. The summed E-state index contributed by atoms with van der Waals surface area (Å²) in [6.45, 7) is 1.75. The second-order valence-corrected chi connectivity index (χ2v) is 10.2. The second kappa shape index (κ2) is 9.86. The molecule has 0 bridgehead atoms. The zero-order chi connectivity index (χ0) is 24.3. The maximum atomic E-state index is 13.1. The highest BCUT2D eigenvalue weighted by molar-refractivity contribution is 7.90. The van der Waals surface area contributed by atoms with Gasteiger partial charge in [-0.05, 0) is 43.2 Å². The molecular weight excluding hydrogens is 480 g/mol. The Balaban J connectivity index is 1.75. The van der Waals surface area contributed by atoms with E-state index >= 15 is 0 Å². The smallest absolute Gasteiger partial charge is 0.191 e. The minimum atomic E-state index is -3.56. The Hall–Kier alpha value is -3.37. The van der Waals surface area contributed by atoms with Crippen molar-refractivity contribution >= 4 is 21.4 Å². The summed E-state index contributed by atoms with van der Waals surface area (Å²) in [5.74, 6) is 1.60. The van der Waals surface area contributed by atoms with E-state index in [1.54, 1.807) is 47.9 Å². The number of halogens is 1. The summed E-state index contributed by atoms with van der Waals surface area (Å²) >= 11 is 5.92. The van der Waals surface area contributed by atoms with E-state index in [1.807, 2.05) is 12.1 Å². The summed E-state index contributed by atoms with van der Waals surface area (Å²) in [6, 6.07) is 14.1. The van der Waals surface area contributed by atoms with E-state index in [0.29, 0.717) is 45.9 Å². The molecule has 0 N–H and O–H groups in total. The number of aromatic nitrogens is 4. The van der Waals surface area contributed by atoms with E-state index in [1.165, 1.54) is 14.2 Å². The number of methoxy groups -OCH3 is 2. The van der Waals surface area contributed by atoms with Crippen LogP contribution in [0.1, 0.15) is 17.1 Å². The van der Waals surface area contributed by atoms with Crippen molar-refractivity contribution in [1.29, 1.82) is 0 Å². The average Bonchev–Trinajstić information content (AvgIpc) is 3.43. The Bertz CT molecular complexity index is 1370. The zero-order valence-electron chi connectivity index (χ0n) is 18.9. The van der Waals surface area contributed by atoms with Crippen LogP contribution in [-0.2, 0) is 22.0 Å². The summed E-state index contributed by atoms with van der Waals surface area (Å²) in [5, 5.41) is 13.1. The fourth-order valence-electron chi connectivity index (χ4n) is 3.53. The van der Waals surface area contributed by atoms with Gasteiger partial charge in [-0.1, -0.05) is 35.0 Å². The fraction of sp³-hybridized carbons (Fsp3) is 0.261. The second-order valence-electron chi connectivity index (χ2n) is 7.58. The Morgan fingerprint density at radius 1 is 1.03 bits per heavy atom. The minimum Gasteiger partial charge on any atom is -0.494 e. The molecule has 0 aliphatic heterocycles. The number of rotatable bonds is 9. The van der Waals surface area contributed by atoms with Gasteiger partial charge in [0.2, 0.25) is 0 Å². The highest BCUT2D eigenvalue weighted by Gasteiger charge is 2.26. The van der Waals surface area contributed by atoms with Gasteiger partial charge in [0.05, 0.1) is 20.0 Å². The molecule has 0 saturated carbocycles. The lowest BCUT2D eigenvalue weighted by Crippen LogP contribution is -2.16. The molecule has 11 heteroatoms. The van der Waals surface area contributed by atoms with E-state index in [9.17, 15) is 8.42 Å². The van der Waals surface area contributed by atoms with Crippen LogP contribution in [0, 0.1) is 6.92 Å². The zero-order valence-corrected chi connectivity index (χ0v) is 20.4. The van der Waals surface area contributed by atoms with Gasteiger partial charge >= 0.3 is 0 Å². The largest absolute Gasteiger partial charge is 0.494 e. The quantitative estimate of drug-likeness (QED) is 0.337. The Kier molecular flexibility index (Phi) is 6.90. The summed E-state index contributed by atoms with van der Waals surface area (Å²) < 4.78 is 44.1. The number of benzene rings is 2. The van der Waals surface area contributed by atoms with Gasteiger partial charge < -0.3 is 14.0 Å². The normalized spacial score (nSPS) is 11.5. The maximum Gasteiger partial charge on any atom is 0.191 e. The van der Waals surface area contributed by atoms with Crippen molar-refractivity contribution in [2.24, 2.45) is 0 Å². The molecule has 0 radical (unpaired) electrons. The molecule has 34 heavy (non-hydrogen) atoms. The van der Waals surface area contributed by atoms with E-state index in [0.717, 1.165) is 5.56 Å². The first-order chi connectivity index (χ1) is 16.3. The molecule has 0 aliphatic carbocycles. The summed E-state index contributed by atoms with van der Waals surface area (Å²) in [5.41, 5.74) is 1.75. The fourth-order valence-corrected chi connectivity index (χ4v) is 4.93. The molecule has 0 aliphatic rings. The maximum absolute atomic E-state index is 13.1. The lowest BCUT2D eigenvalue weighted by Gasteiger charge is -2.16. The lowest BCUT2D eigenvalue weighted by atomic mass is 10.2. The first-order valence-electron chi connectivity index (χ1n) is 10.4. The number of para-hydroxylation sites is 1. The van der Waals surface area contributed by atoms with Crippen LogP contribution in [0.15, 0.2) is 53.1 Å². The van der Waals surface area contributed by atoms with Crippen molar-refractivity contribution in [2.45, 2.75) is 19.1 Å². The van der Waals surface area contributed by atoms with Gasteiger partial charge in [-0.3, -0.25) is 4.57 Å². The number of hydrogen-bond acceptors (Lipinski definition) is 8. The van der Waals surface area contributed by atoms with E-state index in [2.05, 4.69) is 15.4 Å². The van der Waals surface area contributed by atoms with Gasteiger partial charge in [0.1, 0.15) is 28.7 Å². The number of hydrogen-bond donors (Lipinski definition) is 0. The van der Waals surface area contributed by atoms with Gasteiger partial charge in [-0.2, -0.15) is 0 Å². The van der Waals surface area contributed by atoms with Gasteiger partial charge in [0, 0.05) is 11.1 Å².